The predicted molar refractivity (Wildman–Crippen MR) is 310 cm³/mol. The van der Waals surface area contributed by atoms with Gasteiger partial charge in [0.25, 0.3) is 0 Å². The number of hydrogen-bond acceptors (Lipinski definition) is 17. The maximum absolute atomic E-state index is 15.2. The number of fused-ring (bicyclic) bond motifs is 2. The van der Waals surface area contributed by atoms with Crippen molar-refractivity contribution < 1.29 is 97.1 Å². The summed E-state index contributed by atoms with van der Waals surface area (Å²) >= 11 is 0. The SMILES string of the molecule is CC(C)CCCCC=CCC(=O)NC(CC(=O)O)C(=O)NC1C(=O)N2CCCCC2C(=O)NC(C(C)C(=O)O)C(=O)NC(CC(=O)O)C(=O)NCC(=O)NC(CC(=O)O)C(=O)NCC(=O)NC(C(C)N)C(=O)NC(C(C)C)C(=O)N2CCCC2C(=O)NC1C. The van der Waals surface area contributed by atoms with Crippen molar-refractivity contribution in [2.75, 3.05) is 26.2 Å². The third-order valence-corrected chi connectivity index (χ3v) is 15.0. The van der Waals surface area contributed by atoms with Crippen molar-refractivity contribution in [3.63, 3.8) is 0 Å². The van der Waals surface area contributed by atoms with E-state index in [1.165, 1.54) is 13.8 Å². The van der Waals surface area contributed by atoms with E-state index >= 15 is 4.79 Å². The monoisotopic (exact) mass is 1260 g/mol. The molecule has 12 atom stereocenters. The Morgan fingerprint density at radius 1 is 0.596 bits per heavy atom. The van der Waals surface area contributed by atoms with Gasteiger partial charge in [-0.3, -0.25) is 76.7 Å². The molecule has 0 aromatic carbocycles. The van der Waals surface area contributed by atoms with Crippen LogP contribution in [-0.4, -0.2) is 218 Å². The van der Waals surface area contributed by atoms with Gasteiger partial charge in [-0.2, -0.15) is 0 Å². The number of amides is 12. The van der Waals surface area contributed by atoms with Gasteiger partial charge in [0.05, 0.1) is 44.3 Å². The van der Waals surface area contributed by atoms with Crippen molar-refractivity contribution in [3.05, 3.63) is 12.2 Å². The number of carbonyl (C=O) groups is 16. The fraction of sp³-hybridized carbons (Fsp3) is 0.679. The average Bonchev–Trinajstić information content (AvgIpc) is 2.72. The van der Waals surface area contributed by atoms with E-state index in [-0.39, 0.29) is 51.6 Å². The topological polar surface area (TPSA) is 507 Å². The summed E-state index contributed by atoms with van der Waals surface area (Å²) in [5, 5.41) is 62.1. The summed E-state index contributed by atoms with van der Waals surface area (Å²) in [5.41, 5.74) is 6.11. The van der Waals surface area contributed by atoms with E-state index in [2.05, 4.69) is 51.1 Å². The molecule has 89 heavy (non-hydrogen) atoms. The molecule has 33 heteroatoms. The molecule has 0 spiro atoms. The number of nitrogens with two attached hydrogens (primary N) is 1. The smallest absolute Gasteiger partial charge is 0.308 e. The molecule has 3 fully saturated rings. The molecule has 3 aliphatic heterocycles. The maximum atomic E-state index is 15.2. The van der Waals surface area contributed by atoms with Crippen LogP contribution in [0.5, 0.6) is 0 Å². The molecule has 0 saturated carbocycles. The highest BCUT2D eigenvalue weighted by atomic mass is 16.4. The molecule has 3 aliphatic rings. The minimum Gasteiger partial charge on any atom is -0.481 e. The number of carboxylic acid groups (broad SMARTS) is 4. The molecule has 3 saturated heterocycles. The van der Waals surface area contributed by atoms with Crippen LogP contribution in [0.15, 0.2) is 12.2 Å². The summed E-state index contributed by atoms with van der Waals surface area (Å²) < 4.78 is 0. The van der Waals surface area contributed by atoms with Crippen LogP contribution in [0.2, 0.25) is 0 Å². The first-order valence-electron chi connectivity index (χ1n) is 29.6. The van der Waals surface area contributed by atoms with Gasteiger partial charge in [-0.1, -0.05) is 52.7 Å². The number of nitrogens with one attached hydrogen (secondary N) is 10. The zero-order valence-electron chi connectivity index (χ0n) is 51.1. The number of hydrogen-bond donors (Lipinski definition) is 15. The molecule has 0 aromatic heterocycles. The van der Waals surface area contributed by atoms with Crippen LogP contribution >= 0.6 is 0 Å². The molecular formula is C56H87N13O20. The lowest BCUT2D eigenvalue weighted by Crippen LogP contribution is -2.66. The van der Waals surface area contributed by atoms with Gasteiger partial charge in [-0.15, -0.1) is 0 Å². The first kappa shape index (κ1) is 74.5. The molecule has 0 radical (unpaired) electrons. The molecule has 12 unspecified atom stereocenters. The second kappa shape index (κ2) is 35.9. The van der Waals surface area contributed by atoms with Gasteiger partial charge in [-0.25, -0.2) is 0 Å². The largest absolute Gasteiger partial charge is 0.481 e. The van der Waals surface area contributed by atoms with E-state index in [1.807, 2.05) is 16.0 Å². The van der Waals surface area contributed by atoms with Crippen molar-refractivity contribution >= 4 is 94.8 Å². The summed E-state index contributed by atoms with van der Waals surface area (Å²) in [6, 6.07) is -18.5. The summed E-state index contributed by atoms with van der Waals surface area (Å²) in [7, 11) is 0. The number of carboxylic acids is 4. The Morgan fingerprint density at radius 3 is 1.67 bits per heavy atom. The highest BCUT2D eigenvalue weighted by Crippen LogP contribution is 2.24. The summed E-state index contributed by atoms with van der Waals surface area (Å²) in [4.78, 5) is 218. The molecule has 0 bridgehead atoms. The van der Waals surface area contributed by atoms with Crippen molar-refractivity contribution in [1.82, 2.24) is 63.0 Å². The number of unbranched alkanes of at least 4 members (excludes halogenated alkanes) is 2. The Balaban J connectivity index is 2.19. The fourth-order valence-corrected chi connectivity index (χ4v) is 10.0. The maximum Gasteiger partial charge on any atom is 0.308 e. The van der Waals surface area contributed by atoms with Gasteiger partial charge in [0.1, 0.15) is 54.4 Å². The number of carbonyl (C=O) groups excluding carboxylic acids is 12. The minimum atomic E-state index is -2.15. The van der Waals surface area contributed by atoms with E-state index in [4.69, 9.17) is 5.73 Å². The van der Waals surface area contributed by atoms with E-state index in [1.54, 1.807) is 26.0 Å². The Labute approximate surface area is 513 Å². The third kappa shape index (κ3) is 24.0. The van der Waals surface area contributed by atoms with Crippen LogP contribution < -0.4 is 58.9 Å². The lowest BCUT2D eigenvalue weighted by molar-refractivity contribution is -0.150. The molecule has 16 N–H and O–H groups in total. The predicted octanol–water partition coefficient (Wildman–Crippen LogP) is -4.19. The lowest BCUT2D eigenvalue weighted by Gasteiger charge is -2.39. The third-order valence-electron chi connectivity index (χ3n) is 15.0. The summed E-state index contributed by atoms with van der Waals surface area (Å²) in [6.45, 7) is 8.53. The summed E-state index contributed by atoms with van der Waals surface area (Å²) in [5.74, 6) is -22.0. The van der Waals surface area contributed by atoms with Crippen molar-refractivity contribution in [2.24, 2.45) is 23.5 Å². The van der Waals surface area contributed by atoms with Crippen LogP contribution in [-0.2, 0) is 76.7 Å². The highest BCUT2D eigenvalue weighted by Gasteiger charge is 2.45. The standard InChI is InChI=1S/C56H87N13O20/c1-27(2)16-11-9-8-10-12-19-37(70)61-34(24-42(77)78)49(81)67-46-31(7)60-50(82)36-18-15-21-69(36)54(86)43(28(3)4)65-53(85)45(30(6)57)64-39(72)26-59-47(79)32(22-40(73)74)62-38(71)25-58-48(80)33(23-41(75)76)63-52(84)44(29(5)56(88)89)66-51(83)35-17-13-14-20-68(35)55(46)87/h10,12,27-36,43-46H,8-9,11,13-26,57H2,1-7H3,(H,58,80)(H,59,79)(H,60,82)(H,61,70)(H,62,71)(H,63,84)(H,64,72)(H,65,85)(H,66,83)(H,67,81)(H,73,74)(H,75,76)(H,77,78)(H,88,89). The lowest BCUT2D eigenvalue weighted by atomic mass is 9.96. The normalized spacial score (nSPS) is 25.6. The average molecular weight is 1260 g/mol. The zero-order valence-corrected chi connectivity index (χ0v) is 51.1. The first-order valence-corrected chi connectivity index (χ1v) is 29.6. The zero-order chi connectivity index (χ0) is 67.0. The van der Waals surface area contributed by atoms with E-state index in [0.29, 0.717) is 12.3 Å². The quantitative estimate of drug-likeness (QED) is 0.0406. The number of nitrogens with zero attached hydrogens (tertiary/aromatic N) is 2. The highest BCUT2D eigenvalue weighted by molar-refractivity contribution is 6.01. The Kier molecular flexibility index (Phi) is 30.0. The first-order chi connectivity index (χ1) is 41.7. The number of piperidine rings is 1. The molecule has 496 valence electrons. The van der Waals surface area contributed by atoms with Gasteiger partial charge in [0, 0.05) is 25.6 Å². The molecule has 0 aromatic rings. The van der Waals surface area contributed by atoms with E-state index in [0.717, 1.165) is 36.0 Å². The molecule has 3 rings (SSSR count). The van der Waals surface area contributed by atoms with E-state index in [9.17, 15) is 92.3 Å². The summed E-state index contributed by atoms with van der Waals surface area (Å²) in [6.07, 6.45) is 3.69. The number of rotatable bonds is 20. The second-order valence-electron chi connectivity index (χ2n) is 23.1. The Bertz CT molecular complexity index is 2670. The Hall–Kier alpha value is -8.78. The molecule has 33 nitrogen and oxygen atoms in total. The number of aliphatic carboxylic acids is 4. The molecule has 12 amide bonds. The van der Waals surface area contributed by atoms with Gasteiger partial charge >= 0.3 is 23.9 Å². The van der Waals surface area contributed by atoms with Crippen LogP contribution in [0.1, 0.15) is 132 Å². The van der Waals surface area contributed by atoms with Crippen LogP contribution in [0.25, 0.3) is 0 Å². The molecule has 3 heterocycles. The molecule has 0 aliphatic carbocycles. The fourth-order valence-electron chi connectivity index (χ4n) is 10.0. The van der Waals surface area contributed by atoms with Crippen molar-refractivity contribution in [3.8, 4) is 0 Å². The van der Waals surface area contributed by atoms with Gasteiger partial charge < -0.3 is 89.1 Å². The van der Waals surface area contributed by atoms with Crippen molar-refractivity contribution in [2.45, 2.75) is 198 Å². The van der Waals surface area contributed by atoms with Crippen LogP contribution in [0, 0.1) is 17.8 Å². The number of allylic oxidation sites excluding steroid dienone is 1. The molecular weight excluding hydrogens is 1170 g/mol. The van der Waals surface area contributed by atoms with Gasteiger partial charge in [0.15, 0.2) is 0 Å². The minimum absolute atomic E-state index is 0.0218. The van der Waals surface area contributed by atoms with Gasteiger partial charge in [-0.05, 0) is 77.6 Å². The van der Waals surface area contributed by atoms with Crippen molar-refractivity contribution in [1.29, 1.82) is 0 Å². The van der Waals surface area contributed by atoms with Crippen LogP contribution in [0.4, 0.5) is 0 Å². The van der Waals surface area contributed by atoms with E-state index < -0.39 is 205 Å². The van der Waals surface area contributed by atoms with Crippen LogP contribution in [0.3, 0.4) is 0 Å². The Morgan fingerprint density at radius 2 is 1.12 bits per heavy atom. The van der Waals surface area contributed by atoms with Gasteiger partial charge in [0.2, 0.25) is 70.9 Å². The second-order valence-corrected chi connectivity index (χ2v) is 23.1.